The monoisotopic (exact) mass is 459 g/mol. The third-order valence-corrected chi connectivity index (χ3v) is 6.29. The van der Waals surface area contributed by atoms with Crippen LogP contribution in [0.4, 0.5) is 10.3 Å². The molecule has 2 heterocycles. The van der Waals surface area contributed by atoms with Crippen LogP contribution in [0.5, 0.6) is 0 Å². The summed E-state index contributed by atoms with van der Waals surface area (Å²) in [6, 6.07) is 12.5. The lowest BCUT2D eigenvalue weighted by Crippen LogP contribution is -2.25. The first-order valence-electron chi connectivity index (χ1n) is 10.1. The van der Waals surface area contributed by atoms with E-state index in [9.17, 15) is 9.18 Å². The SMILES string of the molecule is Cc1ccc(CNC(=O)CSc2nnc(N3CCCC3)n2-c2cccc(Cl)c2)cc1F. The van der Waals surface area contributed by atoms with Crippen molar-refractivity contribution < 1.29 is 9.18 Å². The number of halogens is 2. The van der Waals surface area contributed by atoms with Gasteiger partial charge in [-0.25, -0.2) is 4.39 Å². The minimum absolute atomic E-state index is 0.158. The van der Waals surface area contributed by atoms with Crippen LogP contribution in [0.2, 0.25) is 5.02 Å². The van der Waals surface area contributed by atoms with Gasteiger partial charge in [0, 0.05) is 24.7 Å². The first kappa shape index (κ1) is 21.6. The number of benzene rings is 2. The Morgan fingerprint density at radius 3 is 2.74 bits per heavy atom. The van der Waals surface area contributed by atoms with E-state index in [-0.39, 0.29) is 24.0 Å². The average molecular weight is 460 g/mol. The number of anilines is 1. The molecule has 0 atom stereocenters. The first-order chi connectivity index (χ1) is 15.0. The summed E-state index contributed by atoms with van der Waals surface area (Å²) in [6.07, 6.45) is 2.24. The van der Waals surface area contributed by atoms with E-state index in [1.165, 1.54) is 17.8 Å². The van der Waals surface area contributed by atoms with Gasteiger partial charge in [-0.1, -0.05) is 41.6 Å². The molecule has 162 valence electrons. The molecule has 1 aromatic heterocycles. The lowest BCUT2D eigenvalue weighted by Gasteiger charge is -2.18. The minimum atomic E-state index is -0.273. The number of amides is 1. The van der Waals surface area contributed by atoms with Crippen LogP contribution >= 0.6 is 23.4 Å². The molecule has 1 aliphatic rings. The number of nitrogens with zero attached hydrogens (tertiary/aromatic N) is 4. The quantitative estimate of drug-likeness (QED) is 0.531. The second-order valence-electron chi connectivity index (χ2n) is 7.44. The Morgan fingerprint density at radius 2 is 2.00 bits per heavy atom. The summed E-state index contributed by atoms with van der Waals surface area (Å²) in [6.45, 7) is 3.84. The number of carbonyl (C=O) groups is 1. The molecule has 0 radical (unpaired) electrons. The number of aromatic nitrogens is 3. The van der Waals surface area contributed by atoms with E-state index in [1.807, 2.05) is 34.9 Å². The van der Waals surface area contributed by atoms with E-state index in [4.69, 9.17) is 11.6 Å². The van der Waals surface area contributed by atoms with Crippen molar-refractivity contribution in [2.45, 2.75) is 31.5 Å². The number of hydrogen-bond acceptors (Lipinski definition) is 5. The van der Waals surface area contributed by atoms with Crippen molar-refractivity contribution in [1.82, 2.24) is 20.1 Å². The molecule has 0 bridgehead atoms. The molecule has 1 saturated heterocycles. The van der Waals surface area contributed by atoms with E-state index in [0.29, 0.717) is 15.7 Å². The maximum Gasteiger partial charge on any atom is 0.232 e. The summed E-state index contributed by atoms with van der Waals surface area (Å²) < 4.78 is 15.6. The Labute approximate surface area is 189 Å². The summed E-state index contributed by atoms with van der Waals surface area (Å²) in [5, 5.41) is 12.8. The standard InChI is InChI=1S/C22H23ClFN5OS/c1-15-7-8-16(11-19(15)24)13-25-20(30)14-31-22-27-26-21(28-9-2-3-10-28)29(22)18-6-4-5-17(23)12-18/h4-8,11-12H,2-3,9-10,13-14H2,1H3,(H,25,30). The molecule has 0 unspecified atom stereocenters. The molecule has 6 nitrogen and oxygen atoms in total. The highest BCUT2D eigenvalue weighted by Gasteiger charge is 2.23. The van der Waals surface area contributed by atoms with Crippen molar-refractivity contribution in [3.63, 3.8) is 0 Å². The van der Waals surface area contributed by atoms with Crippen molar-refractivity contribution in [2.75, 3.05) is 23.7 Å². The van der Waals surface area contributed by atoms with Crippen LogP contribution in [0.15, 0.2) is 47.6 Å². The number of hydrogen-bond donors (Lipinski definition) is 1. The molecule has 0 aliphatic carbocycles. The van der Waals surface area contributed by atoms with Gasteiger partial charge in [-0.3, -0.25) is 9.36 Å². The van der Waals surface area contributed by atoms with Crippen molar-refractivity contribution >= 4 is 35.2 Å². The molecular weight excluding hydrogens is 437 g/mol. The van der Waals surface area contributed by atoms with Crippen molar-refractivity contribution in [3.8, 4) is 5.69 Å². The zero-order valence-corrected chi connectivity index (χ0v) is 18.7. The van der Waals surface area contributed by atoms with Gasteiger partial charge in [0.1, 0.15) is 5.82 Å². The molecule has 0 spiro atoms. The largest absolute Gasteiger partial charge is 0.351 e. The molecule has 1 fully saturated rings. The van der Waals surface area contributed by atoms with Crippen LogP contribution in [0.3, 0.4) is 0 Å². The molecule has 1 amide bonds. The molecular formula is C22H23ClFN5OS. The molecule has 2 aromatic carbocycles. The zero-order chi connectivity index (χ0) is 21.8. The predicted octanol–water partition coefficient (Wildman–Crippen LogP) is 4.38. The fraction of sp³-hybridized carbons (Fsp3) is 0.318. The van der Waals surface area contributed by atoms with Crippen molar-refractivity contribution in [2.24, 2.45) is 0 Å². The van der Waals surface area contributed by atoms with Crippen LogP contribution in [-0.2, 0) is 11.3 Å². The van der Waals surface area contributed by atoms with Crippen LogP contribution in [0, 0.1) is 12.7 Å². The van der Waals surface area contributed by atoms with Crippen LogP contribution in [0.1, 0.15) is 24.0 Å². The summed E-state index contributed by atoms with van der Waals surface area (Å²) in [4.78, 5) is 14.6. The smallest absolute Gasteiger partial charge is 0.232 e. The first-order valence-corrected chi connectivity index (χ1v) is 11.5. The third kappa shape index (κ3) is 5.19. The normalized spacial score (nSPS) is 13.6. The Bertz CT molecular complexity index is 1080. The predicted molar refractivity (Wildman–Crippen MR) is 122 cm³/mol. The number of nitrogens with one attached hydrogen (secondary N) is 1. The van der Waals surface area contributed by atoms with Gasteiger partial charge in [0.15, 0.2) is 5.16 Å². The molecule has 3 aromatic rings. The van der Waals surface area contributed by atoms with E-state index in [2.05, 4.69) is 20.4 Å². The summed E-state index contributed by atoms with van der Waals surface area (Å²) >= 11 is 7.52. The van der Waals surface area contributed by atoms with E-state index >= 15 is 0 Å². The number of thioether (sulfide) groups is 1. The van der Waals surface area contributed by atoms with Crippen molar-refractivity contribution in [3.05, 3.63) is 64.4 Å². The topological polar surface area (TPSA) is 63.1 Å². The third-order valence-electron chi connectivity index (χ3n) is 5.13. The van der Waals surface area contributed by atoms with Crippen LogP contribution in [0.25, 0.3) is 5.69 Å². The average Bonchev–Trinajstić information content (AvgIpc) is 3.42. The number of aryl methyl sites for hydroxylation is 1. The van der Waals surface area contributed by atoms with Gasteiger partial charge in [0.2, 0.25) is 11.9 Å². The fourth-order valence-electron chi connectivity index (χ4n) is 3.45. The van der Waals surface area contributed by atoms with E-state index in [1.54, 1.807) is 13.0 Å². The summed E-state index contributed by atoms with van der Waals surface area (Å²) in [5.74, 6) is 0.505. The highest BCUT2D eigenvalue weighted by molar-refractivity contribution is 7.99. The Hall–Kier alpha value is -2.58. The number of rotatable bonds is 7. The van der Waals surface area contributed by atoms with Gasteiger partial charge in [-0.05, 0) is 55.2 Å². The van der Waals surface area contributed by atoms with Gasteiger partial charge in [-0.15, -0.1) is 10.2 Å². The Balaban J connectivity index is 1.46. The van der Waals surface area contributed by atoms with Crippen LogP contribution in [-0.4, -0.2) is 39.5 Å². The van der Waals surface area contributed by atoms with Gasteiger partial charge in [0.25, 0.3) is 0 Å². The molecule has 31 heavy (non-hydrogen) atoms. The van der Waals surface area contributed by atoms with E-state index < -0.39 is 0 Å². The van der Waals surface area contributed by atoms with Crippen LogP contribution < -0.4 is 10.2 Å². The molecule has 9 heteroatoms. The number of carbonyl (C=O) groups excluding carboxylic acids is 1. The molecule has 1 N–H and O–H groups in total. The van der Waals surface area contributed by atoms with Crippen molar-refractivity contribution in [1.29, 1.82) is 0 Å². The van der Waals surface area contributed by atoms with Gasteiger partial charge < -0.3 is 10.2 Å². The minimum Gasteiger partial charge on any atom is -0.351 e. The zero-order valence-electron chi connectivity index (χ0n) is 17.1. The Kier molecular flexibility index (Phi) is 6.77. The van der Waals surface area contributed by atoms with Gasteiger partial charge in [-0.2, -0.15) is 0 Å². The summed E-state index contributed by atoms with van der Waals surface area (Å²) in [7, 11) is 0. The molecule has 1 aliphatic heterocycles. The molecule has 4 rings (SSSR count). The lowest BCUT2D eigenvalue weighted by atomic mass is 10.1. The second kappa shape index (κ2) is 9.70. The van der Waals surface area contributed by atoms with Gasteiger partial charge >= 0.3 is 0 Å². The van der Waals surface area contributed by atoms with Gasteiger partial charge in [0.05, 0.1) is 11.4 Å². The lowest BCUT2D eigenvalue weighted by molar-refractivity contribution is -0.118. The maximum atomic E-state index is 13.7. The summed E-state index contributed by atoms with van der Waals surface area (Å²) in [5.41, 5.74) is 2.16. The Morgan fingerprint density at radius 1 is 1.19 bits per heavy atom. The highest BCUT2D eigenvalue weighted by atomic mass is 35.5. The highest BCUT2D eigenvalue weighted by Crippen LogP contribution is 2.29. The van der Waals surface area contributed by atoms with E-state index in [0.717, 1.165) is 43.1 Å². The fourth-order valence-corrected chi connectivity index (χ4v) is 4.41. The maximum absolute atomic E-state index is 13.7. The second-order valence-corrected chi connectivity index (χ2v) is 8.82. The molecule has 0 saturated carbocycles.